The van der Waals surface area contributed by atoms with Crippen LogP contribution >= 0.6 is 0 Å². The minimum Gasteiger partial charge on any atom is -0.372 e. The average Bonchev–Trinajstić information content (AvgIpc) is 2.49. The Balaban J connectivity index is 2.06. The van der Waals surface area contributed by atoms with Gasteiger partial charge in [0.2, 0.25) is 0 Å². The Bertz CT molecular complexity index is 601. The molecule has 1 aromatic rings. The van der Waals surface area contributed by atoms with E-state index in [9.17, 15) is 9.00 Å². The zero-order valence-corrected chi connectivity index (χ0v) is 15.4. The van der Waals surface area contributed by atoms with Gasteiger partial charge >= 0.3 is 6.03 Å². The summed E-state index contributed by atoms with van der Waals surface area (Å²) in [4.78, 5) is 16.4. The third-order valence-electron chi connectivity index (χ3n) is 4.30. The zero-order chi connectivity index (χ0) is 17.2. The van der Waals surface area contributed by atoms with Crippen LogP contribution in [-0.4, -0.2) is 51.8 Å². The monoisotopic (exact) mass is 337 g/mol. The molecule has 2 amide bonds. The van der Waals surface area contributed by atoms with Gasteiger partial charge in [0.15, 0.2) is 0 Å². The maximum atomic E-state index is 12.5. The maximum Gasteiger partial charge on any atom is 0.321 e. The number of hydrogen-bond donors (Lipinski definition) is 1. The van der Waals surface area contributed by atoms with E-state index in [0.29, 0.717) is 24.9 Å². The van der Waals surface area contributed by atoms with Gasteiger partial charge in [0.25, 0.3) is 0 Å². The van der Waals surface area contributed by atoms with E-state index in [0.717, 1.165) is 11.4 Å². The summed E-state index contributed by atoms with van der Waals surface area (Å²) < 4.78 is 11.6. The van der Waals surface area contributed by atoms with E-state index in [2.05, 4.69) is 24.1 Å². The van der Waals surface area contributed by atoms with Crippen LogP contribution in [0.5, 0.6) is 0 Å². The van der Waals surface area contributed by atoms with E-state index in [4.69, 9.17) is 0 Å². The molecule has 23 heavy (non-hydrogen) atoms. The Kier molecular flexibility index (Phi) is 5.34. The number of benzene rings is 1. The van der Waals surface area contributed by atoms with Gasteiger partial charge in [0, 0.05) is 54.1 Å². The summed E-state index contributed by atoms with van der Waals surface area (Å²) in [5.41, 5.74) is 1.85. The van der Waals surface area contributed by atoms with Crippen LogP contribution < -0.4 is 10.2 Å². The maximum absolute atomic E-state index is 12.5. The van der Waals surface area contributed by atoms with Crippen LogP contribution in [0.25, 0.3) is 0 Å². The molecule has 1 saturated heterocycles. The first-order valence-electron chi connectivity index (χ1n) is 7.98. The van der Waals surface area contributed by atoms with E-state index in [1.807, 2.05) is 45.2 Å². The van der Waals surface area contributed by atoms with Crippen molar-refractivity contribution in [3.8, 4) is 0 Å². The number of hydrogen-bond acceptors (Lipinski definition) is 3. The summed E-state index contributed by atoms with van der Waals surface area (Å²) >= 11 is 0. The number of anilines is 2. The quantitative estimate of drug-likeness (QED) is 0.923. The predicted molar refractivity (Wildman–Crippen MR) is 97.7 cm³/mol. The minimum absolute atomic E-state index is 0.126. The molecule has 0 aromatic heterocycles. The van der Waals surface area contributed by atoms with E-state index in [1.54, 1.807) is 4.90 Å². The lowest BCUT2D eigenvalue weighted by molar-refractivity contribution is 0.207. The lowest BCUT2D eigenvalue weighted by atomic mass is 10.2. The average molecular weight is 337 g/mol. The van der Waals surface area contributed by atoms with Gasteiger partial charge in [-0.25, -0.2) is 4.79 Å². The van der Waals surface area contributed by atoms with Crippen molar-refractivity contribution in [2.75, 3.05) is 36.1 Å². The normalized spacial score (nSPS) is 20.4. The molecule has 1 atom stereocenters. The summed E-state index contributed by atoms with van der Waals surface area (Å²) in [6, 6.07) is 8.11. The molecule has 128 valence electrons. The Labute approximate surface area is 141 Å². The van der Waals surface area contributed by atoms with Gasteiger partial charge in [-0.15, -0.1) is 0 Å². The van der Waals surface area contributed by atoms with Crippen LogP contribution in [0.3, 0.4) is 0 Å². The molecule has 0 aliphatic carbocycles. The Morgan fingerprint density at radius 3 is 2.70 bits per heavy atom. The molecule has 1 unspecified atom stereocenters. The molecule has 0 saturated carbocycles. The topological polar surface area (TPSA) is 52.7 Å². The molecule has 6 heteroatoms. The number of nitrogens with one attached hydrogen (secondary N) is 1. The van der Waals surface area contributed by atoms with E-state index >= 15 is 0 Å². The standard InChI is InChI=1S/C17H27N3O2S/c1-13(2)19(5)15-8-6-7-14(11-15)18-16(21)20-9-10-23(22)17(3,4)12-20/h6-8,11,13H,9-10,12H2,1-5H3,(H,18,21). The fraction of sp³-hybridized carbons (Fsp3) is 0.588. The highest BCUT2D eigenvalue weighted by Gasteiger charge is 2.35. The third-order valence-corrected chi connectivity index (χ3v) is 6.22. The van der Waals surface area contributed by atoms with Gasteiger partial charge in [-0.1, -0.05) is 6.07 Å². The van der Waals surface area contributed by atoms with Gasteiger partial charge in [-0.2, -0.15) is 0 Å². The second kappa shape index (κ2) is 6.91. The Morgan fingerprint density at radius 2 is 2.09 bits per heavy atom. The number of carbonyl (C=O) groups is 1. The van der Waals surface area contributed by atoms with Crippen LogP contribution in [-0.2, 0) is 10.8 Å². The first kappa shape index (κ1) is 17.8. The summed E-state index contributed by atoms with van der Waals surface area (Å²) in [5, 5.41) is 2.96. The smallest absolute Gasteiger partial charge is 0.321 e. The van der Waals surface area contributed by atoms with Crippen molar-refractivity contribution in [1.29, 1.82) is 0 Å². The van der Waals surface area contributed by atoms with Gasteiger partial charge in [0.05, 0.1) is 4.75 Å². The lowest BCUT2D eigenvalue weighted by Gasteiger charge is -2.37. The van der Waals surface area contributed by atoms with E-state index in [-0.39, 0.29) is 10.8 Å². The number of nitrogens with zero attached hydrogens (tertiary/aromatic N) is 2. The van der Waals surface area contributed by atoms with Crippen molar-refractivity contribution in [3.05, 3.63) is 24.3 Å². The predicted octanol–water partition coefficient (Wildman–Crippen LogP) is 2.91. The number of amides is 2. The van der Waals surface area contributed by atoms with Crippen molar-refractivity contribution < 1.29 is 9.00 Å². The second-order valence-electron chi connectivity index (χ2n) is 6.92. The highest BCUT2D eigenvalue weighted by atomic mass is 32.2. The molecule has 5 nitrogen and oxygen atoms in total. The minimum atomic E-state index is -0.878. The number of rotatable bonds is 3. The van der Waals surface area contributed by atoms with Crippen molar-refractivity contribution in [2.24, 2.45) is 0 Å². The third kappa shape index (κ3) is 4.25. The summed E-state index contributed by atoms with van der Waals surface area (Å²) in [6.07, 6.45) is 0. The summed E-state index contributed by atoms with van der Waals surface area (Å²) in [5.74, 6) is 0.538. The molecule has 1 fully saturated rings. The molecule has 1 aliphatic heterocycles. The molecule has 1 heterocycles. The molecule has 1 N–H and O–H groups in total. The van der Waals surface area contributed by atoms with E-state index < -0.39 is 10.8 Å². The molecular formula is C17H27N3O2S. The molecule has 1 aromatic carbocycles. The van der Waals surface area contributed by atoms with Gasteiger partial charge in [-0.05, 0) is 45.9 Å². The first-order chi connectivity index (χ1) is 10.7. The molecule has 0 radical (unpaired) electrons. The molecule has 2 rings (SSSR count). The van der Waals surface area contributed by atoms with Gasteiger partial charge in [0.1, 0.15) is 0 Å². The summed E-state index contributed by atoms with van der Waals surface area (Å²) in [7, 11) is 1.16. The van der Waals surface area contributed by atoms with Crippen molar-refractivity contribution in [3.63, 3.8) is 0 Å². The zero-order valence-electron chi connectivity index (χ0n) is 14.6. The van der Waals surface area contributed by atoms with Gasteiger partial charge in [-0.3, -0.25) is 4.21 Å². The molecule has 0 bridgehead atoms. The highest BCUT2D eigenvalue weighted by Crippen LogP contribution is 2.23. The number of urea groups is 1. The van der Waals surface area contributed by atoms with Crippen molar-refractivity contribution in [1.82, 2.24) is 4.90 Å². The van der Waals surface area contributed by atoms with Crippen LogP contribution in [0, 0.1) is 0 Å². The first-order valence-corrected chi connectivity index (χ1v) is 9.30. The molecule has 0 spiro atoms. The molecule has 1 aliphatic rings. The van der Waals surface area contributed by atoms with Crippen LogP contribution in [0.15, 0.2) is 24.3 Å². The van der Waals surface area contributed by atoms with Crippen LogP contribution in [0.2, 0.25) is 0 Å². The van der Waals surface area contributed by atoms with Crippen LogP contribution in [0.1, 0.15) is 27.7 Å². The number of carbonyl (C=O) groups excluding carboxylic acids is 1. The Morgan fingerprint density at radius 1 is 1.39 bits per heavy atom. The fourth-order valence-electron chi connectivity index (χ4n) is 2.56. The Hall–Kier alpha value is -1.56. The van der Waals surface area contributed by atoms with E-state index in [1.165, 1.54) is 0 Å². The largest absolute Gasteiger partial charge is 0.372 e. The lowest BCUT2D eigenvalue weighted by Crippen LogP contribution is -2.53. The van der Waals surface area contributed by atoms with Crippen molar-refractivity contribution >= 4 is 28.2 Å². The SMILES string of the molecule is CC(C)N(C)c1cccc(NC(=O)N2CCS(=O)C(C)(C)C2)c1. The van der Waals surface area contributed by atoms with Crippen LogP contribution in [0.4, 0.5) is 16.2 Å². The van der Waals surface area contributed by atoms with Crippen molar-refractivity contribution in [2.45, 2.75) is 38.5 Å². The summed E-state index contributed by atoms with van der Waals surface area (Å²) in [6.45, 7) is 9.19. The molecular weight excluding hydrogens is 310 g/mol. The second-order valence-corrected chi connectivity index (χ2v) is 9.12. The fourth-order valence-corrected chi connectivity index (χ4v) is 3.80. The highest BCUT2D eigenvalue weighted by molar-refractivity contribution is 7.86. The van der Waals surface area contributed by atoms with Gasteiger partial charge < -0.3 is 15.1 Å².